The maximum atomic E-state index is 5.87. The van der Waals surface area contributed by atoms with Crippen molar-refractivity contribution in [1.82, 2.24) is 19.9 Å². The number of hydrogen-bond donors (Lipinski definition) is 1. The Morgan fingerprint density at radius 1 is 1.05 bits per heavy atom. The molecule has 1 aromatic heterocycles. The maximum absolute atomic E-state index is 5.87. The van der Waals surface area contributed by atoms with Crippen LogP contribution < -0.4 is 15.5 Å². The Labute approximate surface area is 126 Å². The normalized spacial score (nSPS) is 19.8. The predicted molar refractivity (Wildman–Crippen MR) is 84.6 cm³/mol. The topological polar surface area (TPSA) is 74.4 Å². The van der Waals surface area contributed by atoms with Crippen LogP contribution in [0.15, 0.2) is 0 Å². The molecule has 0 atom stereocenters. The van der Waals surface area contributed by atoms with E-state index < -0.39 is 0 Å². The lowest BCUT2D eigenvalue weighted by atomic mass is 10.3. The molecule has 2 N–H and O–H groups in total. The molecule has 1 aliphatic heterocycles. The van der Waals surface area contributed by atoms with Crippen molar-refractivity contribution >= 4 is 17.8 Å². The Balaban J connectivity index is 1.72. The third kappa shape index (κ3) is 3.18. The molecule has 21 heavy (non-hydrogen) atoms. The summed E-state index contributed by atoms with van der Waals surface area (Å²) in [5.41, 5.74) is 5.87. The van der Waals surface area contributed by atoms with Crippen LogP contribution in [0.4, 0.5) is 17.8 Å². The van der Waals surface area contributed by atoms with Crippen molar-refractivity contribution in [3.05, 3.63) is 0 Å². The van der Waals surface area contributed by atoms with Gasteiger partial charge in [0.1, 0.15) is 0 Å². The van der Waals surface area contributed by atoms with Crippen molar-refractivity contribution in [3.63, 3.8) is 0 Å². The summed E-state index contributed by atoms with van der Waals surface area (Å²) in [4.78, 5) is 20.1. The van der Waals surface area contributed by atoms with Gasteiger partial charge in [0.2, 0.25) is 17.8 Å². The van der Waals surface area contributed by atoms with Gasteiger partial charge >= 0.3 is 0 Å². The van der Waals surface area contributed by atoms with Crippen LogP contribution >= 0.6 is 0 Å². The number of piperazine rings is 1. The van der Waals surface area contributed by atoms with Crippen LogP contribution in [-0.4, -0.2) is 65.2 Å². The van der Waals surface area contributed by atoms with E-state index in [0.29, 0.717) is 11.9 Å². The van der Waals surface area contributed by atoms with Gasteiger partial charge in [0, 0.05) is 45.3 Å². The Hall–Kier alpha value is -1.63. The van der Waals surface area contributed by atoms with E-state index in [1.54, 1.807) is 0 Å². The number of nitrogen functional groups attached to an aromatic ring is 1. The van der Waals surface area contributed by atoms with Gasteiger partial charge in [-0.2, -0.15) is 15.0 Å². The number of nitrogens with two attached hydrogens (primary N) is 1. The van der Waals surface area contributed by atoms with Gasteiger partial charge in [-0.25, -0.2) is 0 Å². The van der Waals surface area contributed by atoms with E-state index in [-0.39, 0.29) is 0 Å². The van der Waals surface area contributed by atoms with Crippen molar-refractivity contribution in [2.45, 2.75) is 32.7 Å². The molecule has 1 saturated carbocycles. The molecule has 7 heteroatoms. The minimum atomic E-state index is 0.312. The van der Waals surface area contributed by atoms with Crippen LogP contribution in [-0.2, 0) is 0 Å². The Kier molecular flexibility index (Phi) is 4.10. The molecule has 116 valence electrons. The van der Waals surface area contributed by atoms with Crippen molar-refractivity contribution in [2.24, 2.45) is 0 Å². The molecule has 0 radical (unpaired) electrons. The summed E-state index contributed by atoms with van der Waals surface area (Å²) >= 11 is 0. The standard InChI is InChI=1S/C14H25N7/c1-3-19(4-2)13-16-12(15)17-14(18-13)21-9-7-20(8-10-21)11-5-6-11/h11H,3-10H2,1-2H3,(H2,15,16,17,18). The third-order valence-electron chi connectivity index (χ3n) is 4.34. The lowest BCUT2D eigenvalue weighted by Crippen LogP contribution is -2.48. The lowest BCUT2D eigenvalue weighted by Gasteiger charge is -2.35. The predicted octanol–water partition coefficient (Wildman–Crippen LogP) is 0.584. The van der Waals surface area contributed by atoms with Gasteiger partial charge in [-0.1, -0.05) is 0 Å². The van der Waals surface area contributed by atoms with Gasteiger partial charge in [-0.15, -0.1) is 0 Å². The second-order valence-electron chi connectivity index (χ2n) is 5.72. The number of rotatable bonds is 5. The van der Waals surface area contributed by atoms with Crippen LogP contribution in [0, 0.1) is 0 Å². The molecule has 2 aliphatic rings. The van der Waals surface area contributed by atoms with Crippen LogP contribution in [0.1, 0.15) is 26.7 Å². The van der Waals surface area contributed by atoms with Gasteiger partial charge in [-0.05, 0) is 26.7 Å². The minimum Gasteiger partial charge on any atom is -0.368 e. The highest BCUT2D eigenvalue weighted by atomic mass is 15.4. The fourth-order valence-electron chi connectivity index (χ4n) is 2.89. The Bertz CT molecular complexity index is 476. The SMILES string of the molecule is CCN(CC)c1nc(N)nc(N2CCN(C3CC3)CC2)n1. The number of aromatic nitrogens is 3. The van der Waals surface area contributed by atoms with E-state index in [1.165, 1.54) is 12.8 Å². The molecule has 0 bridgehead atoms. The van der Waals surface area contributed by atoms with Crippen molar-refractivity contribution in [3.8, 4) is 0 Å². The largest absolute Gasteiger partial charge is 0.368 e. The van der Waals surface area contributed by atoms with Crippen LogP contribution in [0.2, 0.25) is 0 Å². The average Bonchev–Trinajstić information content (AvgIpc) is 3.33. The molecular formula is C14H25N7. The Morgan fingerprint density at radius 3 is 2.29 bits per heavy atom. The first-order valence-electron chi connectivity index (χ1n) is 7.96. The summed E-state index contributed by atoms with van der Waals surface area (Å²) in [7, 11) is 0. The molecule has 1 aliphatic carbocycles. The minimum absolute atomic E-state index is 0.312. The van der Waals surface area contributed by atoms with Crippen LogP contribution in [0.25, 0.3) is 0 Å². The molecule has 0 amide bonds. The van der Waals surface area contributed by atoms with Crippen molar-refractivity contribution < 1.29 is 0 Å². The molecule has 0 unspecified atom stereocenters. The van der Waals surface area contributed by atoms with Gasteiger partial charge in [-0.3, -0.25) is 4.90 Å². The van der Waals surface area contributed by atoms with Gasteiger partial charge in [0.15, 0.2) is 0 Å². The highest BCUT2D eigenvalue weighted by Gasteiger charge is 2.31. The van der Waals surface area contributed by atoms with Crippen LogP contribution in [0.3, 0.4) is 0 Å². The first-order chi connectivity index (χ1) is 10.2. The quantitative estimate of drug-likeness (QED) is 0.850. The summed E-state index contributed by atoms with van der Waals surface area (Å²) in [5.74, 6) is 1.72. The third-order valence-corrected chi connectivity index (χ3v) is 4.34. The summed E-state index contributed by atoms with van der Waals surface area (Å²) in [6, 6.07) is 0.835. The van der Waals surface area contributed by atoms with Crippen molar-refractivity contribution in [1.29, 1.82) is 0 Å². The number of nitrogens with zero attached hydrogens (tertiary/aromatic N) is 6. The molecule has 3 rings (SSSR count). The summed E-state index contributed by atoms with van der Waals surface area (Å²) in [6.45, 7) is 10.1. The molecule has 0 spiro atoms. The Morgan fingerprint density at radius 2 is 1.71 bits per heavy atom. The highest BCUT2D eigenvalue weighted by Crippen LogP contribution is 2.28. The first kappa shape index (κ1) is 14.3. The van der Waals surface area contributed by atoms with E-state index >= 15 is 0 Å². The van der Waals surface area contributed by atoms with Gasteiger partial charge in [0.25, 0.3) is 0 Å². The zero-order chi connectivity index (χ0) is 14.8. The van der Waals surface area contributed by atoms with Gasteiger partial charge in [0.05, 0.1) is 0 Å². The summed E-state index contributed by atoms with van der Waals surface area (Å²) in [5, 5.41) is 0. The van der Waals surface area contributed by atoms with Crippen molar-refractivity contribution in [2.75, 3.05) is 54.8 Å². The maximum Gasteiger partial charge on any atom is 0.232 e. The van der Waals surface area contributed by atoms with E-state index in [4.69, 9.17) is 5.73 Å². The number of anilines is 3. The zero-order valence-corrected chi connectivity index (χ0v) is 13.0. The first-order valence-corrected chi connectivity index (χ1v) is 7.96. The molecule has 7 nitrogen and oxygen atoms in total. The molecular weight excluding hydrogens is 266 g/mol. The molecule has 0 aromatic carbocycles. The van der Waals surface area contributed by atoms with E-state index in [1.807, 2.05) is 0 Å². The van der Waals surface area contributed by atoms with Gasteiger partial charge < -0.3 is 15.5 Å². The monoisotopic (exact) mass is 291 g/mol. The summed E-state index contributed by atoms with van der Waals surface area (Å²) in [6.07, 6.45) is 2.73. The molecule has 2 fully saturated rings. The molecule has 2 heterocycles. The summed E-state index contributed by atoms with van der Waals surface area (Å²) < 4.78 is 0. The van der Waals surface area contributed by atoms with E-state index in [0.717, 1.165) is 51.3 Å². The average molecular weight is 291 g/mol. The smallest absolute Gasteiger partial charge is 0.232 e. The zero-order valence-electron chi connectivity index (χ0n) is 13.0. The molecule has 1 aromatic rings. The second-order valence-corrected chi connectivity index (χ2v) is 5.72. The van der Waals surface area contributed by atoms with Crippen LogP contribution in [0.5, 0.6) is 0 Å². The number of hydrogen-bond acceptors (Lipinski definition) is 7. The fraction of sp³-hybridized carbons (Fsp3) is 0.786. The van der Waals surface area contributed by atoms with E-state index in [2.05, 4.69) is 43.5 Å². The lowest BCUT2D eigenvalue weighted by molar-refractivity contribution is 0.247. The van der Waals surface area contributed by atoms with E-state index in [9.17, 15) is 0 Å². The second kappa shape index (κ2) is 6.01. The highest BCUT2D eigenvalue weighted by molar-refractivity contribution is 5.43. The molecule has 1 saturated heterocycles. The fourth-order valence-corrected chi connectivity index (χ4v) is 2.89.